The molecule has 2 atom stereocenters. The normalized spacial score (nSPS) is 13.4. The lowest BCUT2D eigenvalue weighted by Crippen LogP contribution is -2.53. The average Bonchev–Trinajstić information content (AvgIpc) is 3.30. The Morgan fingerprint density at radius 2 is 1.12 bits per heavy atom. The van der Waals surface area contributed by atoms with Gasteiger partial charge in [0.2, 0.25) is 5.91 Å². The molecule has 5 rings (SSSR count). The number of nitrogens with one attached hydrogen (secondary N) is 2. The van der Waals surface area contributed by atoms with Crippen LogP contribution in [-0.2, 0) is 27.2 Å². The molecule has 7 nitrogen and oxygen atoms in total. The predicted molar refractivity (Wildman–Crippen MR) is 152 cm³/mol. The van der Waals surface area contributed by atoms with E-state index in [9.17, 15) is 19.5 Å². The van der Waals surface area contributed by atoms with E-state index in [2.05, 4.69) is 22.8 Å². The van der Waals surface area contributed by atoms with Crippen molar-refractivity contribution in [3.05, 3.63) is 131 Å². The van der Waals surface area contributed by atoms with Gasteiger partial charge in [-0.2, -0.15) is 0 Å². The molecule has 2 amide bonds. The lowest BCUT2D eigenvalue weighted by atomic mass is 9.98. The number of amides is 2. The molecule has 3 N–H and O–H groups in total. The molecule has 7 heteroatoms. The van der Waals surface area contributed by atoms with Crippen molar-refractivity contribution in [1.82, 2.24) is 10.6 Å². The highest BCUT2D eigenvalue weighted by Gasteiger charge is 2.31. The van der Waals surface area contributed by atoms with Gasteiger partial charge in [0.05, 0.1) is 0 Å². The van der Waals surface area contributed by atoms with Crippen molar-refractivity contribution in [2.45, 2.75) is 30.8 Å². The molecule has 202 valence electrons. The minimum Gasteiger partial charge on any atom is -0.480 e. The van der Waals surface area contributed by atoms with E-state index in [1.807, 2.05) is 84.9 Å². The maximum absolute atomic E-state index is 13.3. The van der Waals surface area contributed by atoms with Gasteiger partial charge < -0.3 is 20.5 Å². The monoisotopic (exact) mass is 534 g/mol. The van der Waals surface area contributed by atoms with Crippen LogP contribution in [0.2, 0.25) is 0 Å². The van der Waals surface area contributed by atoms with E-state index >= 15 is 0 Å². The Bertz CT molecular complexity index is 1440. The highest BCUT2D eigenvalue weighted by Crippen LogP contribution is 2.44. The number of hydrogen-bond acceptors (Lipinski definition) is 4. The molecule has 0 heterocycles. The van der Waals surface area contributed by atoms with Crippen LogP contribution in [-0.4, -0.2) is 41.8 Å². The summed E-state index contributed by atoms with van der Waals surface area (Å²) < 4.78 is 5.66. The highest BCUT2D eigenvalue weighted by atomic mass is 16.5. The molecule has 2 unspecified atom stereocenters. The van der Waals surface area contributed by atoms with E-state index in [1.54, 1.807) is 12.1 Å². The van der Waals surface area contributed by atoms with Crippen LogP contribution < -0.4 is 10.6 Å². The maximum atomic E-state index is 13.3. The second kappa shape index (κ2) is 12.3. The second-order valence-electron chi connectivity index (χ2n) is 9.80. The van der Waals surface area contributed by atoms with Gasteiger partial charge in [0, 0.05) is 18.8 Å². The number of ether oxygens (including phenoxy) is 1. The van der Waals surface area contributed by atoms with Crippen molar-refractivity contribution in [2.24, 2.45) is 0 Å². The number of carboxylic acids is 1. The lowest BCUT2D eigenvalue weighted by Gasteiger charge is -2.22. The summed E-state index contributed by atoms with van der Waals surface area (Å²) in [5, 5.41) is 15.1. The molecule has 0 bridgehead atoms. The average molecular weight is 535 g/mol. The van der Waals surface area contributed by atoms with E-state index in [1.165, 1.54) is 0 Å². The number of fused-ring (bicyclic) bond motifs is 3. The van der Waals surface area contributed by atoms with E-state index in [0.29, 0.717) is 0 Å². The van der Waals surface area contributed by atoms with Crippen molar-refractivity contribution < 1.29 is 24.2 Å². The van der Waals surface area contributed by atoms with Gasteiger partial charge in [-0.1, -0.05) is 109 Å². The van der Waals surface area contributed by atoms with Crippen molar-refractivity contribution in [2.75, 3.05) is 6.61 Å². The van der Waals surface area contributed by atoms with Gasteiger partial charge >= 0.3 is 12.1 Å². The Balaban J connectivity index is 1.28. The molecule has 0 saturated carbocycles. The third kappa shape index (κ3) is 6.21. The number of carbonyl (C=O) groups is 3. The van der Waals surface area contributed by atoms with Crippen LogP contribution in [0.4, 0.5) is 4.79 Å². The number of carboxylic acid groups (broad SMARTS) is 1. The third-order valence-corrected chi connectivity index (χ3v) is 7.13. The van der Waals surface area contributed by atoms with Gasteiger partial charge in [0.1, 0.15) is 18.7 Å². The molecule has 0 saturated heterocycles. The Labute approximate surface area is 232 Å². The summed E-state index contributed by atoms with van der Waals surface area (Å²) in [7, 11) is 0. The summed E-state index contributed by atoms with van der Waals surface area (Å²) in [6.07, 6.45) is -0.452. The lowest BCUT2D eigenvalue weighted by molar-refractivity contribution is -0.142. The molecular weight excluding hydrogens is 504 g/mol. The molecule has 1 aliphatic carbocycles. The first-order valence-corrected chi connectivity index (χ1v) is 13.2. The molecule has 4 aromatic carbocycles. The van der Waals surface area contributed by atoms with E-state index in [4.69, 9.17) is 4.74 Å². The van der Waals surface area contributed by atoms with Gasteiger partial charge in [-0.15, -0.1) is 0 Å². The van der Waals surface area contributed by atoms with E-state index in [-0.39, 0.29) is 25.4 Å². The predicted octanol–water partition coefficient (Wildman–Crippen LogP) is 4.95. The topological polar surface area (TPSA) is 105 Å². The van der Waals surface area contributed by atoms with Crippen molar-refractivity contribution in [3.63, 3.8) is 0 Å². The molecular formula is C33H30N2O5. The number of alkyl carbamates (subject to hydrolysis) is 1. The summed E-state index contributed by atoms with van der Waals surface area (Å²) in [5.41, 5.74) is 5.99. The molecule has 0 aromatic heterocycles. The zero-order valence-electron chi connectivity index (χ0n) is 21.8. The second-order valence-corrected chi connectivity index (χ2v) is 9.80. The van der Waals surface area contributed by atoms with Crippen molar-refractivity contribution in [3.8, 4) is 11.1 Å². The number of carbonyl (C=O) groups excluding carboxylic acids is 2. The first-order valence-electron chi connectivity index (χ1n) is 13.2. The number of rotatable bonds is 10. The minimum absolute atomic E-state index is 0.102. The Kier molecular flexibility index (Phi) is 8.21. The summed E-state index contributed by atoms with van der Waals surface area (Å²) >= 11 is 0. The first kappa shape index (κ1) is 26.7. The molecule has 40 heavy (non-hydrogen) atoms. The highest BCUT2D eigenvalue weighted by molar-refractivity contribution is 5.89. The maximum Gasteiger partial charge on any atom is 0.407 e. The van der Waals surface area contributed by atoms with Crippen LogP contribution in [0.25, 0.3) is 11.1 Å². The fourth-order valence-corrected chi connectivity index (χ4v) is 5.16. The number of benzene rings is 4. The number of aliphatic carboxylic acids is 1. The van der Waals surface area contributed by atoms with Gasteiger partial charge in [-0.3, -0.25) is 4.79 Å². The summed E-state index contributed by atoms with van der Waals surface area (Å²) in [6.45, 7) is 0.102. The molecule has 4 aromatic rings. The Morgan fingerprint density at radius 1 is 0.650 bits per heavy atom. The zero-order chi connectivity index (χ0) is 27.9. The van der Waals surface area contributed by atoms with Crippen LogP contribution in [0, 0.1) is 0 Å². The molecule has 1 aliphatic rings. The van der Waals surface area contributed by atoms with Crippen LogP contribution in [0.1, 0.15) is 28.2 Å². The fourth-order valence-electron chi connectivity index (χ4n) is 5.16. The SMILES string of the molecule is O=C(NC(Cc1ccccc1)C(=O)NC(Cc1ccccc1)C(=O)O)OCC1c2ccccc2-c2ccccc21. The first-order chi connectivity index (χ1) is 19.5. The summed E-state index contributed by atoms with van der Waals surface area (Å²) in [6, 6.07) is 32.2. The van der Waals surface area contributed by atoms with Gasteiger partial charge in [0.25, 0.3) is 0 Å². The van der Waals surface area contributed by atoms with Gasteiger partial charge in [-0.05, 0) is 33.4 Å². The quantitative estimate of drug-likeness (QED) is 0.267. The fraction of sp³-hybridized carbons (Fsp3) is 0.182. The van der Waals surface area contributed by atoms with Crippen LogP contribution >= 0.6 is 0 Å². The molecule has 0 radical (unpaired) electrons. The van der Waals surface area contributed by atoms with E-state index < -0.39 is 30.1 Å². The summed E-state index contributed by atoms with van der Waals surface area (Å²) in [5.74, 6) is -1.88. The smallest absolute Gasteiger partial charge is 0.407 e. The zero-order valence-corrected chi connectivity index (χ0v) is 21.8. The van der Waals surface area contributed by atoms with Crippen LogP contribution in [0.15, 0.2) is 109 Å². The Hall–Kier alpha value is -4.91. The van der Waals surface area contributed by atoms with Gasteiger partial charge in [-0.25, -0.2) is 9.59 Å². The van der Waals surface area contributed by atoms with Crippen molar-refractivity contribution >= 4 is 18.0 Å². The number of hydrogen-bond donors (Lipinski definition) is 3. The Morgan fingerprint density at radius 3 is 1.65 bits per heavy atom. The molecule has 0 aliphatic heterocycles. The minimum atomic E-state index is -1.16. The molecule has 0 spiro atoms. The van der Waals surface area contributed by atoms with Crippen LogP contribution in [0.3, 0.4) is 0 Å². The summed E-state index contributed by atoms with van der Waals surface area (Å²) in [4.78, 5) is 38.3. The molecule has 0 fully saturated rings. The third-order valence-electron chi connectivity index (χ3n) is 7.13. The largest absolute Gasteiger partial charge is 0.480 e. The standard InChI is InChI=1S/C33H30N2O5/c36-31(34-30(32(37)38)20-23-13-5-2-6-14-23)29(19-22-11-3-1-4-12-22)35-33(39)40-21-28-26-17-9-7-15-24(26)25-16-8-10-18-27(25)28/h1-18,28-30H,19-21H2,(H,34,36)(H,35,39)(H,37,38). The van der Waals surface area contributed by atoms with Crippen LogP contribution in [0.5, 0.6) is 0 Å². The van der Waals surface area contributed by atoms with Gasteiger partial charge in [0.15, 0.2) is 0 Å². The van der Waals surface area contributed by atoms with Crippen molar-refractivity contribution in [1.29, 1.82) is 0 Å². The van der Waals surface area contributed by atoms with E-state index in [0.717, 1.165) is 33.4 Å².